The first kappa shape index (κ1) is 26.3. The molecule has 2 aliphatic heterocycles. The van der Waals surface area contributed by atoms with Crippen molar-refractivity contribution in [3.05, 3.63) is 86.0 Å². The Morgan fingerprint density at radius 1 is 1.25 bits per heavy atom. The molecule has 2 N–H and O–H groups in total. The molecule has 3 heterocycles. The Morgan fingerprint density at radius 3 is 2.85 bits per heavy atom. The molecule has 8 heteroatoms. The number of aliphatic hydroxyl groups is 1. The van der Waals surface area contributed by atoms with E-state index >= 15 is 0 Å². The van der Waals surface area contributed by atoms with Crippen molar-refractivity contribution in [3.8, 4) is 11.5 Å². The van der Waals surface area contributed by atoms with Crippen LogP contribution in [-0.4, -0.2) is 69.8 Å². The summed E-state index contributed by atoms with van der Waals surface area (Å²) in [6.45, 7) is 1.67. The molecule has 4 aliphatic rings. The Morgan fingerprint density at radius 2 is 2.08 bits per heavy atom. The minimum absolute atomic E-state index is 0.118. The first-order chi connectivity index (χ1) is 19.3. The van der Waals surface area contributed by atoms with E-state index in [0.717, 1.165) is 52.8 Å². The van der Waals surface area contributed by atoms with E-state index in [-0.39, 0.29) is 29.8 Å². The Bertz CT molecular complexity index is 1490. The summed E-state index contributed by atoms with van der Waals surface area (Å²) < 4.78 is 7.48. The third-order valence-corrected chi connectivity index (χ3v) is 11.5. The first-order valence-corrected chi connectivity index (χ1v) is 15.7. The highest BCUT2D eigenvalue weighted by Gasteiger charge is 2.74. The lowest BCUT2D eigenvalue weighted by Crippen LogP contribution is -2.81. The molecule has 2 aliphatic carbocycles. The molecule has 6 nitrogen and oxygen atoms in total. The summed E-state index contributed by atoms with van der Waals surface area (Å²) in [5, 5.41) is 26.0. The van der Waals surface area contributed by atoms with Gasteiger partial charge in [-0.3, -0.25) is 9.69 Å². The van der Waals surface area contributed by atoms with Crippen LogP contribution in [0.1, 0.15) is 40.8 Å². The molecule has 1 aromatic heterocycles. The summed E-state index contributed by atoms with van der Waals surface area (Å²) in [5.41, 5.74) is 1.51. The number of carbonyl (C=O) groups is 1. The number of nitrogens with zero attached hydrogens (tertiary/aromatic N) is 2. The average Bonchev–Trinajstić information content (AvgIpc) is 3.53. The van der Waals surface area contributed by atoms with Gasteiger partial charge in [0.25, 0.3) is 0 Å². The van der Waals surface area contributed by atoms with Gasteiger partial charge >= 0.3 is 0 Å². The van der Waals surface area contributed by atoms with Crippen molar-refractivity contribution in [2.75, 3.05) is 20.1 Å². The predicted molar refractivity (Wildman–Crippen MR) is 160 cm³/mol. The smallest absolute Gasteiger partial charge is 0.246 e. The summed E-state index contributed by atoms with van der Waals surface area (Å²) in [5.74, 6) is 0.559. The number of phenolic OH excluding ortho intramolecular Hbond substituents is 1. The monoisotopic (exact) mass is 620 g/mol. The molecule has 208 valence electrons. The molecule has 1 spiro atoms. The van der Waals surface area contributed by atoms with E-state index in [1.54, 1.807) is 28.4 Å². The van der Waals surface area contributed by atoms with Crippen LogP contribution < -0.4 is 4.74 Å². The zero-order chi connectivity index (χ0) is 27.6. The number of benzene rings is 2. The lowest BCUT2D eigenvalue weighted by molar-refractivity contribution is -0.216. The number of aromatic hydroxyl groups is 1. The van der Waals surface area contributed by atoms with E-state index in [0.29, 0.717) is 18.6 Å². The Labute approximate surface area is 247 Å². The SMILES string of the molecule is CN(C(=O)/C=C/c1cc(Br)cs1)[C@H]1CC[C@@H]2Oc3c(O)ccc4c3[C@@]23CCN(CCc2ccccc2)[C@H](C4)[C@]13O. The molecule has 1 saturated heterocycles. The van der Waals surface area contributed by atoms with Gasteiger partial charge in [-0.2, -0.15) is 0 Å². The minimum Gasteiger partial charge on any atom is -0.504 e. The maximum Gasteiger partial charge on any atom is 0.246 e. The van der Waals surface area contributed by atoms with Gasteiger partial charge in [-0.25, -0.2) is 0 Å². The molecule has 1 saturated carbocycles. The highest BCUT2D eigenvalue weighted by atomic mass is 79.9. The molecule has 40 heavy (non-hydrogen) atoms. The van der Waals surface area contributed by atoms with E-state index in [1.807, 2.05) is 36.7 Å². The number of hydrogen-bond acceptors (Lipinski definition) is 6. The second-order valence-electron chi connectivity index (χ2n) is 11.6. The molecular formula is C32H33BrN2O4S. The quantitative estimate of drug-likeness (QED) is 0.373. The number of likely N-dealkylation sites (tertiary alicyclic amines) is 1. The number of likely N-dealkylation sites (N-methyl/N-ethyl adjacent to an activating group) is 1. The third-order valence-electron chi connectivity index (χ3n) is 9.88. The van der Waals surface area contributed by atoms with Crippen molar-refractivity contribution in [2.24, 2.45) is 0 Å². The largest absolute Gasteiger partial charge is 0.504 e. The standard InChI is InChI=1S/C32H33BrN2O4S/c1-34(28(37)12-8-23-18-22(33)19-40-23)25-10-11-27-31-14-16-35(15-13-20-5-3-2-4-6-20)26(32(25,31)38)17-21-7-9-24(36)30(39-27)29(21)31/h2-9,12,18-19,25-27,36,38H,10-11,13-17H2,1H3/b12-8+/t25-,26+,27-,31+,32+/m0/s1. The van der Waals surface area contributed by atoms with Crippen molar-refractivity contribution in [3.63, 3.8) is 0 Å². The molecule has 7 rings (SSSR count). The lowest BCUT2D eigenvalue weighted by Gasteiger charge is -2.66. The van der Waals surface area contributed by atoms with Crippen molar-refractivity contribution >= 4 is 39.2 Å². The van der Waals surface area contributed by atoms with Gasteiger partial charge in [0, 0.05) is 46.0 Å². The Hall–Kier alpha value is -2.65. The number of halogens is 1. The van der Waals surface area contributed by atoms with Gasteiger partial charge in [-0.1, -0.05) is 36.4 Å². The number of hydrogen-bond donors (Lipinski definition) is 2. The van der Waals surface area contributed by atoms with Gasteiger partial charge in [0.15, 0.2) is 11.5 Å². The van der Waals surface area contributed by atoms with Crippen LogP contribution >= 0.6 is 27.3 Å². The topological polar surface area (TPSA) is 73.2 Å². The van der Waals surface area contributed by atoms with Gasteiger partial charge in [-0.15, -0.1) is 11.3 Å². The molecule has 0 radical (unpaired) electrons. The molecule has 1 amide bonds. The van der Waals surface area contributed by atoms with Crippen LogP contribution in [0.3, 0.4) is 0 Å². The third kappa shape index (κ3) is 3.76. The van der Waals surface area contributed by atoms with Gasteiger partial charge in [-0.05, 0) is 83.9 Å². The lowest BCUT2D eigenvalue weighted by atomic mass is 9.47. The van der Waals surface area contributed by atoms with Gasteiger partial charge < -0.3 is 19.8 Å². The zero-order valence-electron chi connectivity index (χ0n) is 22.4. The Kier molecular flexibility index (Phi) is 6.38. The number of amides is 1. The van der Waals surface area contributed by atoms with Crippen LogP contribution in [0.5, 0.6) is 11.5 Å². The van der Waals surface area contributed by atoms with Crippen molar-refractivity contribution in [2.45, 2.75) is 61.3 Å². The fraction of sp³-hybridized carbons (Fsp3) is 0.406. The summed E-state index contributed by atoms with van der Waals surface area (Å²) in [6.07, 6.45) is 6.87. The van der Waals surface area contributed by atoms with E-state index in [2.05, 4.69) is 45.1 Å². The second kappa shape index (κ2) is 9.72. The zero-order valence-corrected chi connectivity index (χ0v) is 24.8. The van der Waals surface area contributed by atoms with Crippen LogP contribution in [0.4, 0.5) is 0 Å². The fourth-order valence-corrected chi connectivity index (χ4v) is 9.49. The maximum absolute atomic E-state index is 13.6. The minimum atomic E-state index is -1.22. The van der Waals surface area contributed by atoms with Crippen LogP contribution in [-0.2, 0) is 23.1 Å². The average molecular weight is 622 g/mol. The van der Waals surface area contributed by atoms with Gasteiger partial charge in [0.2, 0.25) is 5.91 Å². The van der Waals surface area contributed by atoms with Crippen molar-refractivity contribution < 1.29 is 19.7 Å². The van der Waals surface area contributed by atoms with Crippen LogP contribution in [0.25, 0.3) is 6.08 Å². The number of ether oxygens (including phenoxy) is 1. The molecule has 0 unspecified atom stereocenters. The molecule has 3 aromatic rings. The number of phenols is 1. The number of thiophene rings is 1. The molecule has 2 bridgehead atoms. The predicted octanol–water partition coefficient (Wildman–Crippen LogP) is 5.15. The molecule has 2 aromatic carbocycles. The normalized spacial score (nSPS) is 30.2. The van der Waals surface area contributed by atoms with E-state index in [1.165, 1.54) is 5.56 Å². The summed E-state index contributed by atoms with van der Waals surface area (Å²) >= 11 is 5.05. The highest BCUT2D eigenvalue weighted by molar-refractivity contribution is 9.10. The van der Waals surface area contributed by atoms with Gasteiger partial charge in [0.05, 0.1) is 11.5 Å². The van der Waals surface area contributed by atoms with Gasteiger partial charge in [0.1, 0.15) is 11.7 Å². The van der Waals surface area contributed by atoms with E-state index < -0.39 is 11.0 Å². The highest BCUT2D eigenvalue weighted by Crippen LogP contribution is 2.65. The summed E-state index contributed by atoms with van der Waals surface area (Å²) in [6, 6.07) is 15.7. The van der Waals surface area contributed by atoms with E-state index in [9.17, 15) is 15.0 Å². The number of carbonyl (C=O) groups excluding carboxylic acids is 1. The molecular weight excluding hydrogens is 588 g/mol. The van der Waals surface area contributed by atoms with Crippen LogP contribution in [0, 0.1) is 0 Å². The Balaban J connectivity index is 1.28. The van der Waals surface area contributed by atoms with Crippen LogP contribution in [0.2, 0.25) is 0 Å². The number of piperidine rings is 1. The maximum atomic E-state index is 13.6. The first-order valence-electron chi connectivity index (χ1n) is 14.0. The van der Waals surface area contributed by atoms with Crippen molar-refractivity contribution in [1.29, 1.82) is 0 Å². The second-order valence-corrected chi connectivity index (χ2v) is 13.5. The van der Waals surface area contributed by atoms with E-state index in [4.69, 9.17) is 4.74 Å². The van der Waals surface area contributed by atoms with Crippen LogP contribution in [0.15, 0.2) is 64.5 Å². The number of rotatable bonds is 6. The van der Waals surface area contributed by atoms with Crippen molar-refractivity contribution in [1.82, 2.24) is 9.80 Å². The molecule has 5 atom stereocenters. The fourth-order valence-electron chi connectivity index (χ4n) is 8.15. The molecule has 2 fully saturated rings. The summed E-state index contributed by atoms with van der Waals surface area (Å²) in [4.78, 5) is 18.8. The summed E-state index contributed by atoms with van der Waals surface area (Å²) in [7, 11) is 1.83.